The highest BCUT2D eigenvalue weighted by atomic mass is 16.2. The fourth-order valence-corrected chi connectivity index (χ4v) is 3.10. The highest BCUT2D eigenvalue weighted by molar-refractivity contribution is 5.96. The number of pyridine rings is 1. The molecule has 1 saturated heterocycles. The van der Waals surface area contributed by atoms with Crippen LogP contribution in [0.5, 0.6) is 0 Å². The summed E-state index contributed by atoms with van der Waals surface area (Å²) < 4.78 is 0. The van der Waals surface area contributed by atoms with Crippen LogP contribution in [0.1, 0.15) is 27.1 Å². The molecule has 1 fully saturated rings. The smallest absolute Gasteiger partial charge is 0.255 e. The molecule has 0 unspecified atom stereocenters. The Morgan fingerprint density at radius 1 is 0.923 bits per heavy atom. The lowest BCUT2D eigenvalue weighted by atomic mass is 10.1. The molecule has 6 nitrogen and oxygen atoms in total. The zero-order valence-corrected chi connectivity index (χ0v) is 15.3. The van der Waals surface area contributed by atoms with Gasteiger partial charge in [0.15, 0.2) is 0 Å². The Balaban J connectivity index is 1.67. The second-order valence-corrected chi connectivity index (χ2v) is 6.62. The van der Waals surface area contributed by atoms with Gasteiger partial charge in [0, 0.05) is 63.9 Å². The SMILES string of the molecule is CN(C)c1cccc(C(=O)N2CCCN(C(=O)c3cccnc3)CC2)c1. The Morgan fingerprint density at radius 2 is 1.58 bits per heavy atom. The summed E-state index contributed by atoms with van der Waals surface area (Å²) in [5, 5.41) is 0. The standard InChI is InChI=1S/C20H24N4O2/c1-22(2)18-8-3-6-16(14-18)19(25)23-10-5-11-24(13-12-23)20(26)17-7-4-9-21-15-17/h3-4,6-9,14-15H,5,10-13H2,1-2H3. The van der Waals surface area contributed by atoms with E-state index in [0.717, 1.165) is 12.1 Å². The molecule has 0 aliphatic carbocycles. The van der Waals surface area contributed by atoms with Gasteiger partial charge in [0.2, 0.25) is 0 Å². The first-order chi connectivity index (χ1) is 12.6. The van der Waals surface area contributed by atoms with Crippen molar-refractivity contribution in [3.05, 3.63) is 59.9 Å². The van der Waals surface area contributed by atoms with Crippen LogP contribution in [0.2, 0.25) is 0 Å². The first-order valence-corrected chi connectivity index (χ1v) is 8.82. The molecule has 0 N–H and O–H groups in total. The summed E-state index contributed by atoms with van der Waals surface area (Å²) in [4.78, 5) is 35.1. The van der Waals surface area contributed by atoms with Gasteiger partial charge < -0.3 is 14.7 Å². The molecule has 6 heteroatoms. The number of anilines is 1. The highest BCUT2D eigenvalue weighted by Gasteiger charge is 2.23. The van der Waals surface area contributed by atoms with Crippen molar-refractivity contribution in [2.24, 2.45) is 0 Å². The van der Waals surface area contributed by atoms with Crippen LogP contribution in [0.4, 0.5) is 5.69 Å². The quantitative estimate of drug-likeness (QED) is 0.849. The van der Waals surface area contributed by atoms with Gasteiger partial charge in [-0.2, -0.15) is 0 Å². The molecule has 1 aliphatic rings. The van der Waals surface area contributed by atoms with Crippen LogP contribution in [-0.2, 0) is 0 Å². The van der Waals surface area contributed by atoms with Gasteiger partial charge in [-0.25, -0.2) is 0 Å². The van der Waals surface area contributed by atoms with E-state index in [2.05, 4.69) is 4.98 Å². The van der Waals surface area contributed by atoms with Crippen molar-refractivity contribution in [2.45, 2.75) is 6.42 Å². The molecule has 1 aliphatic heterocycles. The van der Waals surface area contributed by atoms with Gasteiger partial charge in [0.05, 0.1) is 5.56 Å². The molecular formula is C20H24N4O2. The molecule has 136 valence electrons. The Labute approximate surface area is 154 Å². The van der Waals surface area contributed by atoms with Gasteiger partial charge in [-0.15, -0.1) is 0 Å². The van der Waals surface area contributed by atoms with Gasteiger partial charge in [-0.3, -0.25) is 14.6 Å². The van der Waals surface area contributed by atoms with E-state index in [0.29, 0.717) is 37.3 Å². The fourth-order valence-electron chi connectivity index (χ4n) is 3.10. The van der Waals surface area contributed by atoms with E-state index in [1.165, 1.54) is 0 Å². The number of hydrogen-bond acceptors (Lipinski definition) is 4. The third kappa shape index (κ3) is 4.02. The summed E-state index contributed by atoms with van der Waals surface area (Å²) in [6, 6.07) is 11.2. The molecule has 2 aromatic rings. The van der Waals surface area contributed by atoms with E-state index >= 15 is 0 Å². The second kappa shape index (κ2) is 7.99. The van der Waals surface area contributed by atoms with Gasteiger partial charge in [-0.1, -0.05) is 6.07 Å². The predicted octanol–water partition coefficient (Wildman–Crippen LogP) is 2.14. The fraction of sp³-hybridized carbons (Fsp3) is 0.350. The maximum absolute atomic E-state index is 12.9. The summed E-state index contributed by atoms with van der Waals surface area (Å²) >= 11 is 0. The lowest BCUT2D eigenvalue weighted by Gasteiger charge is -2.23. The Morgan fingerprint density at radius 3 is 2.19 bits per heavy atom. The van der Waals surface area contributed by atoms with Crippen LogP contribution in [-0.4, -0.2) is 66.9 Å². The Kier molecular flexibility index (Phi) is 5.51. The zero-order valence-electron chi connectivity index (χ0n) is 15.3. The van der Waals surface area contributed by atoms with Crippen LogP contribution in [0.25, 0.3) is 0 Å². The minimum absolute atomic E-state index is 0.0179. The number of amides is 2. The summed E-state index contributed by atoms with van der Waals surface area (Å²) in [6.45, 7) is 2.38. The van der Waals surface area contributed by atoms with Gasteiger partial charge in [0.25, 0.3) is 11.8 Å². The van der Waals surface area contributed by atoms with Crippen molar-refractivity contribution in [2.75, 3.05) is 45.2 Å². The maximum Gasteiger partial charge on any atom is 0.255 e. The van der Waals surface area contributed by atoms with Crippen LogP contribution >= 0.6 is 0 Å². The summed E-state index contributed by atoms with van der Waals surface area (Å²) in [7, 11) is 3.91. The van der Waals surface area contributed by atoms with Crippen molar-refractivity contribution in [1.29, 1.82) is 0 Å². The molecule has 2 amide bonds. The van der Waals surface area contributed by atoms with Crippen molar-refractivity contribution in [3.8, 4) is 0 Å². The normalized spacial score (nSPS) is 14.7. The Bertz CT molecular complexity index is 776. The molecule has 0 atom stereocenters. The highest BCUT2D eigenvalue weighted by Crippen LogP contribution is 2.16. The maximum atomic E-state index is 12.9. The first kappa shape index (κ1) is 17.9. The van der Waals surface area contributed by atoms with Gasteiger partial charge in [-0.05, 0) is 36.8 Å². The number of aromatic nitrogens is 1. The number of nitrogens with zero attached hydrogens (tertiary/aromatic N) is 4. The van der Waals surface area contributed by atoms with Crippen molar-refractivity contribution in [3.63, 3.8) is 0 Å². The van der Waals surface area contributed by atoms with Gasteiger partial charge >= 0.3 is 0 Å². The molecule has 0 spiro atoms. The number of rotatable bonds is 3. The van der Waals surface area contributed by atoms with Crippen molar-refractivity contribution < 1.29 is 9.59 Å². The van der Waals surface area contributed by atoms with Crippen LogP contribution in [0.15, 0.2) is 48.8 Å². The molecule has 2 heterocycles. The monoisotopic (exact) mass is 352 g/mol. The molecule has 0 saturated carbocycles. The van der Waals surface area contributed by atoms with E-state index in [-0.39, 0.29) is 11.8 Å². The molecule has 0 bridgehead atoms. The number of benzene rings is 1. The third-order valence-electron chi connectivity index (χ3n) is 4.59. The van der Waals surface area contributed by atoms with Crippen molar-refractivity contribution >= 4 is 17.5 Å². The second-order valence-electron chi connectivity index (χ2n) is 6.62. The van der Waals surface area contributed by atoms with E-state index < -0.39 is 0 Å². The van der Waals surface area contributed by atoms with E-state index in [1.54, 1.807) is 29.4 Å². The van der Waals surface area contributed by atoms with E-state index in [1.807, 2.05) is 48.2 Å². The summed E-state index contributed by atoms with van der Waals surface area (Å²) in [6.07, 6.45) is 4.01. The average Bonchev–Trinajstić information content (AvgIpc) is 2.94. The number of carbonyl (C=O) groups excluding carboxylic acids is 2. The molecule has 26 heavy (non-hydrogen) atoms. The summed E-state index contributed by atoms with van der Waals surface area (Å²) in [5.74, 6) is -0.00798. The molecule has 0 radical (unpaired) electrons. The molecule has 1 aromatic heterocycles. The number of hydrogen-bond donors (Lipinski definition) is 0. The van der Waals surface area contributed by atoms with Crippen molar-refractivity contribution in [1.82, 2.24) is 14.8 Å². The van der Waals surface area contributed by atoms with E-state index in [9.17, 15) is 9.59 Å². The van der Waals surface area contributed by atoms with Crippen LogP contribution in [0.3, 0.4) is 0 Å². The third-order valence-corrected chi connectivity index (χ3v) is 4.59. The van der Waals surface area contributed by atoms with E-state index in [4.69, 9.17) is 0 Å². The minimum Gasteiger partial charge on any atom is -0.378 e. The number of carbonyl (C=O) groups is 2. The lowest BCUT2D eigenvalue weighted by molar-refractivity contribution is 0.0718. The molecule has 1 aromatic carbocycles. The summed E-state index contributed by atoms with van der Waals surface area (Å²) in [5.41, 5.74) is 2.27. The average molecular weight is 352 g/mol. The predicted molar refractivity (Wildman–Crippen MR) is 101 cm³/mol. The topological polar surface area (TPSA) is 56.8 Å². The molecular weight excluding hydrogens is 328 g/mol. The largest absolute Gasteiger partial charge is 0.378 e. The van der Waals surface area contributed by atoms with Crippen LogP contribution in [0, 0.1) is 0 Å². The first-order valence-electron chi connectivity index (χ1n) is 8.82. The Hall–Kier alpha value is -2.89. The van der Waals surface area contributed by atoms with Crippen LogP contribution < -0.4 is 4.90 Å². The molecule has 3 rings (SSSR count). The minimum atomic E-state index is -0.0259. The van der Waals surface area contributed by atoms with Gasteiger partial charge in [0.1, 0.15) is 0 Å². The lowest BCUT2D eigenvalue weighted by Crippen LogP contribution is -2.37. The zero-order chi connectivity index (χ0) is 18.5.